The minimum Gasteiger partial charge on any atom is -0.368 e. The van der Waals surface area contributed by atoms with E-state index in [1.807, 2.05) is 30.7 Å². The first kappa shape index (κ1) is 20.1. The third kappa shape index (κ3) is 3.82. The molecular formula is C24H31N7. The molecule has 0 bridgehead atoms. The van der Waals surface area contributed by atoms with Crippen LogP contribution in [-0.2, 0) is 25.4 Å². The van der Waals surface area contributed by atoms with E-state index in [1.165, 1.54) is 24.1 Å². The van der Waals surface area contributed by atoms with Gasteiger partial charge in [0.1, 0.15) is 11.6 Å². The highest BCUT2D eigenvalue weighted by Gasteiger charge is 2.45. The van der Waals surface area contributed by atoms with Gasteiger partial charge in [-0.25, -0.2) is 15.0 Å². The van der Waals surface area contributed by atoms with Crippen LogP contribution in [0.15, 0.2) is 36.9 Å². The number of piperidine rings is 1. The Hall–Kier alpha value is -2.80. The van der Waals surface area contributed by atoms with Gasteiger partial charge in [0, 0.05) is 61.0 Å². The summed E-state index contributed by atoms with van der Waals surface area (Å²) in [7, 11) is 2.07. The molecule has 1 atom stereocenters. The predicted molar refractivity (Wildman–Crippen MR) is 122 cm³/mol. The number of anilines is 1. The molecule has 2 aliphatic rings. The number of hydrogen-bond acceptors (Lipinski definition) is 6. The van der Waals surface area contributed by atoms with Crippen molar-refractivity contribution in [1.29, 1.82) is 0 Å². The number of aryl methyl sites for hydroxylation is 1. The number of imidazole rings is 1. The van der Waals surface area contributed by atoms with Crippen LogP contribution >= 0.6 is 0 Å². The van der Waals surface area contributed by atoms with E-state index in [1.54, 1.807) is 6.20 Å². The maximum absolute atomic E-state index is 5.18. The number of fused-ring (bicyclic) bond motifs is 2. The van der Waals surface area contributed by atoms with E-state index in [2.05, 4.69) is 45.6 Å². The maximum atomic E-state index is 5.18. The van der Waals surface area contributed by atoms with Crippen molar-refractivity contribution >= 4 is 5.82 Å². The molecule has 1 aliphatic heterocycles. The van der Waals surface area contributed by atoms with Crippen molar-refractivity contribution in [2.45, 2.75) is 57.5 Å². The van der Waals surface area contributed by atoms with Crippen LogP contribution in [0.4, 0.5) is 5.82 Å². The lowest BCUT2D eigenvalue weighted by Gasteiger charge is -2.40. The van der Waals surface area contributed by atoms with Crippen molar-refractivity contribution in [3.8, 4) is 11.4 Å². The van der Waals surface area contributed by atoms with Gasteiger partial charge in [-0.2, -0.15) is 0 Å². The Balaban J connectivity index is 1.52. The fraction of sp³-hybridized carbons (Fsp3) is 0.500. The average Bonchev–Trinajstić information content (AvgIpc) is 3.32. The smallest absolute Gasteiger partial charge is 0.163 e. The van der Waals surface area contributed by atoms with Gasteiger partial charge in [-0.3, -0.25) is 9.88 Å². The second-order valence-corrected chi connectivity index (χ2v) is 9.31. The Morgan fingerprint density at radius 1 is 1.19 bits per heavy atom. The third-order valence-corrected chi connectivity index (χ3v) is 6.65. The van der Waals surface area contributed by atoms with Crippen molar-refractivity contribution in [3.63, 3.8) is 0 Å². The Morgan fingerprint density at radius 2 is 2.10 bits per heavy atom. The van der Waals surface area contributed by atoms with E-state index in [-0.39, 0.29) is 5.41 Å². The van der Waals surface area contributed by atoms with Gasteiger partial charge < -0.3 is 9.88 Å². The van der Waals surface area contributed by atoms with Gasteiger partial charge in [-0.1, -0.05) is 0 Å². The van der Waals surface area contributed by atoms with Crippen molar-refractivity contribution in [3.05, 3.63) is 54.0 Å². The Morgan fingerprint density at radius 3 is 2.84 bits per heavy atom. The van der Waals surface area contributed by atoms with Gasteiger partial charge in [0.05, 0.1) is 12.2 Å². The van der Waals surface area contributed by atoms with Crippen LogP contribution in [0.5, 0.6) is 0 Å². The molecule has 1 N–H and O–H groups in total. The Bertz CT molecular complexity index is 1060. The zero-order valence-electron chi connectivity index (χ0n) is 18.7. The normalized spacial score (nSPS) is 21.0. The molecule has 4 heterocycles. The lowest BCUT2D eigenvalue weighted by Crippen LogP contribution is -2.45. The second kappa shape index (κ2) is 8.04. The fourth-order valence-corrected chi connectivity index (χ4v) is 5.17. The van der Waals surface area contributed by atoms with Crippen LogP contribution < -0.4 is 5.32 Å². The van der Waals surface area contributed by atoms with E-state index in [4.69, 9.17) is 9.97 Å². The van der Waals surface area contributed by atoms with Gasteiger partial charge in [0.15, 0.2) is 5.82 Å². The zero-order chi connectivity index (χ0) is 21.4. The molecule has 0 aromatic carbocycles. The summed E-state index contributed by atoms with van der Waals surface area (Å²) >= 11 is 0. The summed E-state index contributed by atoms with van der Waals surface area (Å²) < 4.78 is 2.12. The van der Waals surface area contributed by atoms with Crippen molar-refractivity contribution < 1.29 is 0 Å². The lowest BCUT2D eigenvalue weighted by atomic mass is 9.77. The van der Waals surface area contributed by atoms with E-state index in [0.717, 1.165) is 55.5 Å². The highest BCUT2D eigenvalue weighted by molar-refractivity contribution is 5.61. The lowest BCUT2D eigenvalue weighted by molar-refractivity contribution is 0.133. The molecule has 162 valence electrons. The molecule has 7 heteroatoms. The molecule has 7 nitrogen and oxygen atoms in total. The van der Waals surface area contributed by atoms with Gasteiger partial charge in [-0.05, 0) is 58.2 Å². The molecule has 0 amide bonds. The van der Waals surface area contributed by atoms with Crippen LogP contribution in [0, 0.1) is 0 Å². The van der Waals surface area contributed by atoms with Crippen LogP contribution in [-0.4, -0.2) is 48.5 Å². The number of hydrogen-bond donors (Lipinski definition) is 1. The first-order valence-electron chi connectivity index (χ1n) is 11.3. The first-order chi connectivity index (χ1) is 15.0. The average molecular weight is 418 g/mol. The van der Waals surface area contributed by atoms with Gasteiger partial charge in [0.2, 0.25) is 0 Å². The van der Waals surface area contributed by atoms with Gasteiger partial charge in [-0.15, -0.1) is 0 Å². The minimum absolute atomic E-state index is 0.0893. The fourth-order valence-electron chi connectivity index (χ4n) is 5.17. The summed E-state index contributed by atoms with van der Waals surface area (Å²) in [4.78, 5) is 21.5. The molecule has 1 fully saturated rings. The maximum Gasteiger partial charge on any atom is 0.163 e. The summed E-state index contributed by atoms with van der Waals surface area (Å²) in [5.74, 6) is 2.89. The van der Waals surface area contributed by atoms with Gasteiger partial charge in [0.25, 0.3) is 0 Å². The van der Waals surface area contributed by atoms with Crippen LogP contribution in [0.1, 0.15) is 50.2 Å². The summed E-state index contributed by atoms with van der Waals surface area (Å²) in [5, 5.41) is 3.59. The topological polar surface area (TPSA) is 71.8 Å². The van der Waals surface area contributed by atoms with E-state index >= 15 is 0 Å². The van der Waals surface area contributed by atoms with Crippen molar-refractivity contribution in [1.82, 2.24) is 29.4 Å². The number of pyridine rings is 1. The molecule has 1 saturated heterocycles. The summed E-state index contributed by atoms with van der Waals surface area (Å²) in [6, 6.07) is 4.32. The number of nitrogens with one attached hydrogen (secondary N) is 1. The Labute approximate surface area is 184 Å². The SMILES string of the molecule is CC(C)Nc1nc(-c2cccnc2)nc2c1CCC21CCCN(Cc2nccn2C)C1. The van der Waals surface area contributed by atoms with Crippen LogP contribution in [0.25, 0.3) is 11.4 Å². The quantitative estimate of drug-likeness (QED) is 0.684. The molecule has 5 rings (SSSR count). The number of likely N-dealkylation sites (tertiary alicyclic amines) is 1. The van der Waals surface area contributed by atoms with Crippen molar-refractivity contribution in [2.75, 3.05) is 18.4 Å². The monoisotopic (exact) mass is 417 g/mol. The highest BCUT2D eigenvalue weighted by atomic mass is 15.2. The van der Waals surface area contributed by atoms with E-state index < -0.39 is 0 Å². The first-order valence-corrected chi connectivity index (χ1v) is 11.3. The van der Waals surface area contributed by atoms with Crippen LogP contribution in [0.2, 0.25) is 0 Å². The molecule has 0 saturated carbocycles. The summed E-state index contributed by atoms with van der Waals surface area (Å²) in [5.41, 5.74) is 3.61. The molecule has 1 unspecified atom stereocenters. The molecule has 1 spiro atoms. The van der Waals surface area contributed by atoms with Crippen LogP contribution in [0.3, 0.4) is 0 Å². The minimum atomic E-state index is 0.0893. The zero-order valence-corrected chi connectivity index (χ0v) is 18.7. The van der Waals surface area contributed by atoms with Gasteiger partial charge >= 0.3 is 0 Å². The predicted octanol–water partition coefficient (Wildman–Crippen LogP) is 3.57. The molecule has 3 aromatic heterocycles. The van der Waals surface area contributed by atoms with Crippen molar-refractivity contribution in [2.24, 2.45) is 7.05 Å². The molecule has 31 heavy (non-hydrogen) atoms. The third-order valence-electron chi connectivity index (χ3n) is 6.65. The number of aromatic nitrogens is 5. The van der Waals surface area contributed by atoms with E-state index in [0.29, 0.717) is 6.04 Å². The Kier molecular flexibility index (Phi) is 5.22. The molecule has 1 aliphatic carbocycles. The summed E-state index contributed by atoms with van der Waals surface area (Å²) in [6.45, 7) is 7.35. The largest absolute Gasteiger partial charge is 0.368 e. The number of rotatable bonds is 5. The highest BCUT2D eigenvalue weighted by Crippen LogP contribution is 2.46. The standard InChI is InChI=1S/C24H31N7/c1-17(2)27-23-19-7-9-24(21(19)28-22(29-23)18-6-4-10-25-14-18)8-5-12-31(16-24)15-20-26-11-13-30(20)3/h4,6,10-11,13-14,17H,5,7-9,12,15-16H2,1-3H3,(H,27,28,29). The molecule has 0 radical (unpaired) electrons. The van der Waals surface area contributed by atoms with E-state index in [9.17, 15) is 0 Å². The second-order valence-electron chi connectivity index (χ2n) is 9.31. The summed E-state index contributed by atoms with van der Waals surface area (Å²) in [6.07, 6.45) is 12.1. The molecule has 3 aromatic rings. The number of nitrogens with zero attached hydrogens (tertiary/aromatic N) is 6. The molecular weight excluding hydrogens is 386 g/mol.